The van der Waals surface area contributed by atoms with E-state index >= 15 is 0 Å². The van der Waals surface area contributed by atoms with Crippen molar-refractivity contribution in [2.45, 2.75) is 316 Å². The van der Waals surface area contributed by atoms with Crippen LogP contribution in [0.2, 0.25) is 0 Å². The lowest BCUT2D eigenvalue weighted by molar-refractivity contribution is -0.167. The van der Waals surface area contributed by atoms with E-state index in [0.29, 0.717) is 19.3 Å². The minimum Gasteiger partial charge on any atom is -0.462 e. The van der Waals surface area contributed by atoms with Gasteiger partial charge in [-0.1, -0.05) is 273 Å². The highest BCUT2D eigenvalue weighted by Crippen LogP contribution is 2.16. The Morgan fingerprint density at radius 2 is 0.542 bits per heavy atom. The summed E-state index contributed by atoms with van der Waals surface area (Å²) in [4.78, 5) is 38.2. The maximum atomic E-state index is 12.9. The second kappa shape index (κ2) is 60.4. The highest BCUT2D eigenvalue weighted by molar-refractivity contribution is 5.71. The van der Waals surface area contributed by atoms with Crippen LogP contribution < -0.4 is 0 Å². The molecule has 0 heterocycles. The van der Waals surface area contributed by atoms with Crippen LogP contribution in [0, 0.1) is 0 Å². The molecule has 0 aliphatic heterocycles. The van der Waals surface area contributed by atoms with E-state index in [-0.39, 0.29) is 31.1 Å². The lowest BCUT2D eigenvalue weighted by Crippen LogP contribution is -2.30. The van der Waals surface area contributed by atoms with Crippen molar-refractivity contribution in [2.24, 2.45) is 0 Å². The van der Waals surface area contributed by atoms with E-state index in [1.54, 1.807) is 0 Å². The third kappa shape index (κ3) is 57.7. The molecule has 0 aromatic rings. The number of rotatable bonds is 56. The molecule has 0 aliphatic carbocycles. The van der Waals surface area contributed by atoms with Gasteiger partial charge in [0.25, 0.3) is 0 Å². The molecule has 416 valence electrons. The zero-order valence-corrected chi connectivity index (χ0v) is 47.7. The van der Waals surface area contributed by atoms with Gasteiger partial charge in [0.15, 0.2) is 6.10 Å². The smallest absolute Gasteiger partial charge is 0.306 e. The molecule has 0 fully saturated rings. The topological polar surface area (TPSA) is 78.9 Å². The summed E-state index contributed by atoms with van der Waals surface area (Å²) in [5.74, 6) is -0.873. The molecule has 0 N–H and O–H groups in total. The molecule has 0 rings (SSSR count). The Balaban J connectivity index is 4.30. The molecule has 0 aromatic carbocycles. The van der Waals surface area contributed by atoms with Crippen LogP contribution in [-0.4, -0.2) is 37.2 Å². The third-order valence-electron chi connectivity index (χ3n) is 13.4. The third-order valence-corrected chi connectivity index (χ3v) is 13.4. The van der Waals surface area contributed by atoms with Crippen molar-refractivity contribution in [3.05, 3.63) is 72.9 Å². The van der Waals surface area contributed by atoms with Crippen molar-refractivity contribution in [1.29, 1.82) is 0 Å². The van der Waals surface area contributed by atoms with E-state index in [1.807, 2.05) is 0 Å². The minimum absolute atomic E-state index is 0.0757. The van der Waals surface area contributed by atoms with E-state index in [9.17, 15) is 14.4 Å². The van der Waals surface area contributed by atoms with Crippen LogP contribution in [0.4, 0.5) is 0 Å². The van der Waals surface area contributed by atoms with Gasteiger partial charge in [0.2, 0.25) is 0 Å². The van der Waals surface area contributed by atoms with Crippen molar-refractivity contribution in [1.82, 2.24) is 0 Å². The lowest BCUT2D eigenvalue weighted by atomic mass is 10.0. The molecule has 0 saturated carbocycles. The zero-order chi connectivity index (χ0) is 52.2. The van der Waals surface area contributed by atoms with Gasteiger partial charge in [-0.2, -0.15) is 0 Å². The van der Waals surface area contributed by atoms with Gasteiger partial charge >= 0.3 is 17.9 Å². The number of ether oxygens (including phenoxy) is 3. The van der Waals surface area contributed by atoms with Crippen LogP contribution in [0.25, 0.3) is 0 Å². The quantitative estimate of drug-likeness (QED) is 0.0261. The first-order valence-corrected chi connectivity index (χ1v) is 30.9. The highest BCUT2D eigenvalue weighted by atomic mass is 16.6. The number of allylic oxidation sites excluding steroid dienone is 12. The SMILES string of the molecule is CC/C=C\C/C=C\C/C=C\C/C=C\C/C=C\CCCCCCCCCCCC(=O)OCC(COC(=O)CCCCCCCCCCCCCC)OC(=O)CCCCCCCCC/C=C\CCCCCCCC. The maximum absolute atomic E-state index is 12.9. The summed E-state index contributed by atoms with van der Waals surface area (Å²) >= 11 is 0. The van der Waals surface area contributed by atoms with Crippen LogP contribution in [0.1, 0.15) is 310 Å². The van der Waals surface area contributed by atoms with Crippen molar-refractivity contribution in [2.75, 3.05) is 13.2 Å². The van der Waals surface area contributed by atoms with Crippen molar-refractivity contribution in [3.63, 3.8) is 0 Å². The molecule has 1 unspecified atom stereocenters. The van der Waals surface area contributed by atoms with Crippen LogP contribution in [0.15, 0.2) is 72.9 Å². The summed E-state index contributed by atoms with van der Waals surface area (Å²) in [6.07, 6.45) is 77.5. The summed E-state index contributed by atoms with van der Waals surface area (Å²) in [6, 6.07) is 0. The lowest BCUT2D eigenvalue weighted by Gasteiger charge is -2.18. The van der Waals surface area contributed by atoms with Gasteiger partial charge in [-0.05, 0) is 89.9 Å². The largest absolute Gasteiger partial charge is 0.462 e. The summed E-state index contributed by atoms with van der Waals surface area (Å²) < 4.78 is 16.9. The summed E-state index contributed by atoms with van der Waals surface area (Å²) in [6.45, 7) is 6.54. The van der Waals surface area contributed by atoms with Crippen molar-refractivity contribution in [3.8, 4) is 0 Å². The van der Waals surface area contributed by atoms with Gasteiger partial charge in [-0.15, -0.1) is 0 Å². The summed E-state index contributed by atoms with van der Waals surface area (Å²) in [5.41, 5.74) is 0. The Morgan fingerprint density at radius 3 is 0.861 bits per heavy atom. The van der Waals surface area contributed by atoms with Gasteiger partial charge < -0.3 is 14.2 Å². The van der Waals surface area contributed by atoms with E-state index in [1.165, 1.54) is 173 Å². The monoisotopic (exact) mass is 1000 g/mol. The van der Waals surface area contributed by atoms with Gasteiger partial charge in [0.1, 0.15) is 13.2 Å². The van der Waals surface area contributed by atoms with Gasteiger partial charge in [-0.25, -0.2) is 0 Å². The average Bonchev–Trinajstić information content (AvgIpc) is 3.38. The molecule has 0 spiro atoms. The molecular formula is C66H116O6. The predicted octanol–water partition coefficient (Wildman–Crippen LogP) is 20.9. The molecule has 0 saturated heterocycles. The molecule has 0 amide bonds. The van der Waals surface area contributed by atoms with Crippen LogP contribution in [0.3, 0.4) is 0 Å². The number of unbranched alkanes of at least 4 members (excludes halogenated alkanes) is 33. The Labute approximate surface area is 446 Å². The van der Waals surface area contributed by atoms with Crippen molar-refractivity contribution < 1.29 is 28.6 Å². The highest BCUT2D eigenvalue weighted by Gasteiger charge is 2.19. The fourth-order valence-electron chi connectivity index (χ4n) is 8.82. The average molecular weight is 1010 g/mol. The number of carbonyl (C=O) groups is 3. The van der Waals surface area contributed by atoms with E-state index < -0.39 is 6.10 Å². The van der Waals surface area contributed by atoms with Gasteiger partial charge in [0.05, 0.1) is 0 Å². The maximum Gasteiger partial charge on any atom is 0.306 e. The molecule has 0 aliphatic rings. The first-order valence-electron chi connectivity index (χ1n) is 30.9. The van der Waals surface area contributed by atoms with Crippen LogP contribution >= 0.6 is 0 Å². The predicted molar refractivity (Wildman–Crippen MR) is 311 cm³/mol. The number of esters is 3. The van der Waals surface area contributed by atoms with Crippen molar-refractivity contribution >= 4 is 17.9 Å². The van der Waals surface area contributed by atoms with E-state index in [0.717, 1.165) is 96.3 Å². The Hall–Kier alpha value is -3.15. The van der Waals surface area contributed by atoms with Gasteiger partial charge in [-0.3, -0.25) is 14.4 Å². The van der Waals surface area contributed by atoms with Crippen LogP contribution in [0.5, 0.6) is 0 Å². The molecule has 0 radical (unpaired) electrons. The Kier molecular flexibility index (Phi) is 57.8. The fraction of sp³-hybridized carbons (Fsp3) is 0.773. The molecular weight excluding hydrogens is 889 g/mol. The summed E-state index contributed by atoms with van der Waals surface area (Å²) in [5, 5.41) is 0. The minimum atomic E-state index is -0.778. The van der Waals surface area contributed by atoms with E-state index in [4.69, 9.17) is 14.2 Å². The molecule has 1 atom stereocenters. The van der Waals surface area contributed by atoms with Gasteiger partial charge in [0, 0.05) is 19.3 Å². The normalized spacial score (nSPS) is 12.5. The summed E-state index contributed by atoms with van der Waals surface area (Å²) in [7, 11) is 0. The van der Waals surface area contributed by atoms with E-state index in [2.05, 4.69) is 93.7 Å². The second-order valence-electron chi connectivity index (χ2n) is 20.6. The first kappa shape index (κ1) is 68.8. The molecule has 0 aromatic heterocycles. The number of hydrogen-bond acceptors (Lipinski definition) is 6. The Bertz CT molecular complexity index is 1340. The number of carbonyl (C=O) groups excluding carboxylic acids is 3. The molecule has 6 heteroatoms. The standard InChI is InChI=1S/C66H116O6/c1-4-7-10-13-16-19-22-25-27-29-30-31-32-33-34-35-36-38-39-41-44-47-50-53-56-59-65(68)71-62-63(61-70-64(67)58-55-52-49-46-43-24-21-18-15-12-9-6-3)72-66(69)60-57-54-51-48-45-42-40-37-28-26-23-20-17-14-11-8-5-2/h7,10,16,19,25-28,30-31,33-34,63H,4-6,8-9,11-15,17-18,20-24,29,32,35-62H2,1-3H3/b10-7-,19-16-,27-25-,28-26-,31-30-,34-33-. The molecule has 72 heavy (non-hydrogen) atoms. The fourth-order valence-corrected chi connectivity index (χ4v) is 8.82. The second-order valence-corrected chi connectivity index (χ2v) is 20.6. The zero-order valence-electron chi connectivity index (χ0n) is 47.7. The van der Waals surface area contributed by atoms with Crippen LogP contribution in [-0.2, 0) is 28.6 Å². The first-order chi connectivity index (χ1) is 35.5. The Morgan fingerprint density at radius 1 is 0.292 bits per heavy atom. The number of hydrogen-bond donors (Lipinski definition) is 0. The molecule has 6 nitrogen and oxygen atoms in total. The molecule has 0 bridgehead atoms.